The molecule has 28 heavy (non-hydrogen) atoms. The third kappa shape index (κ3) is 6.37. The fourth-order valence-corrected chi connectivity index (χ4v) is 2.71. The summed E-state index contributed by atoms with van der Waals surface area (Å²) >= 11 is 0. The lowest BCUT2D eigenvalue weighted by atomic mass is 10.1. The van der Waals surface area contributed by atoms with E-state index in [0.29, 0.717) is 18.7 Å². The third-order valence-corrected chi connectivity index (χ3v) is 4.04. The zero-order valence-corrected chi connectivity index (χ0v) is 16.4. The Kier molecular flexibility index (Phi) is 7.54. The quantitative estimate of drug-likeness (QED) is 0.662. The molecule has 152 valence electrons. The molecular weight excluding hydrogens is 368 g/mol. The van der Waals surface area contributed by atoms with Gasteiger partial charge in [0.1, 0.15) is 0 Å². The normalized spacial score (nSPS) is 12.4. The number of hydrogen-bond donors (Lipinski definition) is 1. The Balaban J connectivity index is 1.88. The van der Waals surface area contributed by atoms with Crippen molar-refractivity contribution in [2.24, 2.45) is 5.92 Å². The molecule has 1 N–H and O–H groups in total. The van der Waals surface area contributed by atoms with Crippen LogP contribution in [-0.4, -0.2) is 36.0 Å². The molecule has 0 radical (unpaired) electrons. The first-order chi connectivity index (χ1) is 13.3. The van der Waals surface area contributed by atoms with Crippen LogP contribution in [0.15, 0.2) is 30.3 Å². The van der Waals surface area contributed by atoms with Gasteiger partial charge in [0, 0.05) is 24.9 Å². The van der Waals surface area contributed by atoms with Gasteiger partial charge in [-0.25, -0.2) is 0 Å². The van der Waals surface area contributed by atoms with Crippen molar-refractivity contribution in [3.63, 3.8) is 0 Å². The predicted molar refractivity (Wildman–Crippen MR) is 103 cm³/mol. The molecule has 1 amide bonds. The minimum absolute atomic E-state index is 0.0583. The summed E-state index contributed by atoms with van der Waals surface area (Å²) < 4.78 is 36.0. The van der Waals surface area contributed by atoms with Crippen molar-refractivity contribution in [3.05, 3.63) is 47.3 Å². The van der Waals surface area contributed by atoms with Crippen molar-refractivity contribution in [2.45, 2.75) is 33.9 Å². The average molecular weight is 393 g/mol. The van der Waals surface area contributed by atoms with Crippen molar-refractivity contribution in [2.75, 3.05) is 13.7 Å². The Morgan fingerprint density at radius 3 is 2.64 bits per heavy atom. The van der Waals surface area contributed by atoms with Crippen molar-refractivity contribution in [3.8, 4) is 11.5 Å². The van der Waals surface area contributed by atoms with Crippen LogP contribution in [0.25, 0.3) is 6.08 Å². The first kappa shape index (κ1) is 21.4. The fourth-order valence-electron chi connectivity index (χ4n) is 2.71. The summed E-state index contributed by atoms with van der Waals surface area (Å²) in [5.41, 5.74) is 2.69. The van der Waals surface area contributed by atoms with Crippen LogP contribution in [0.2, 0.25) is 0 Å². The molecule has 0 fully saturated rings. The molecule has 1 unspecified atom stereocenters. The van der Waals surface area contributed by atoms with Gasteiger partial charge >= 0.3 is 6.61 Å². The Morgan fingerprint density at radius 2 is 2.04 bits per heavy atom. The van der Waals surface area contributed by atoms with Crippen LogP contribution in [0.3, 0.4) is 0 Å². The predicted octanol–water partition coefficient (Wildman–Crippen LogP) is 3.58. The molecule has 0 saturated heterocycles. The zero-order chi connectivity index (χ0) is 20.7. The van der Waals surface area contributed by atoms with E-state index in [1.165, 1.54) is 25.3 Å². The Morgan fingerprint density at radius 1 is 1.29 bits per heavy atom. The van der Waals surface area contributed by atoms with Gasteiger partial charge in [-0.3, -0.25) is 9.48 Å². The molecule has 0 aliphatic carbocycles. The lowest BCUT2D eigenvalue weighted by Crippen LogP contribution is -2.29. The lowest BCUT2D eigenvalue weighted by Gasteiger charge is -2.13. The van der Waals surface area contributed by atoms with Gasteiger partial charge in [0.25, 0.3) is 0 Å². The molecule has 0 aliphatic rings. The Hall–Kier alpha value is -2.90. The van der Waals surface area contributed by atoms with Crippen LogP contribution in [-0.2, 0) is 11.3 Å². The lowest BCUT2D eigenvalue weighted by molar-refractivity contribution is -0.116. The number of carbonyl (C=O) groups excluding carboxylic acids is 1. The van der Waals surface area contributed by atoms with E-state index in [1.54, 1.807) is 12.1 Å². The van der Waals surface area contributed by atoms with Gasteiger partial charge in [-0.1, -0.05) is 13.0 Å². The summed E-state index contributed by atoms with van der Waals surface area (Å²) in [4.78, 5) is 12.0. The van der Waals surface area contributed by atoms with E-state index in [4.69, 9.17) is 4.74 Å². The SMILES string of the molecule is COc1cc(C=CC(=O)NCC(C)Cn2nc(C)cc2C)ccc1OC(F)F. The van der Waals surface area contributed by atoms with Crippen LogP contribution in [0.5, 0.6) is 11.5 Å². The van der Waals surface area contributed by atoms with E-state index in [0.717, 1.165) is 11.4 Å². The number of hydrogen-bond acceptors (Lipinski definition) is 4. The summed E-state index contributed by atoms with van der Waals surface area (Å²) in [5.74, 6) is 0.0757. The zero-order valence-electron chi connectivity index (χ0n) is 16.4. The van der Waals surface area contributed by atoms with Crippen molar-refractivity contribution < 1.29 is 23.0 Å². The molecule has 0 saturated carbocycles. The monoisotopic (exact) mass is 393 g/mol. The second-order valence-electron chi connectivity index (χ2n) is 6.58. The maximum Gasteiger partial charge on any atom is 0.387 e. The molecule has 1 atom stereocenters. The highest BCUT2D eigenvalue weighted by atomic mass is 19.3. The highest BCUT2D eigenvalue weighted by Gasteiger charge is 2.11. The highest BCUT2D eigenvalue weighted by Crippen LogP contribution is 2.29. The first-order valence-electron chi connectivity index (χ1n) is 8.88. The van der Waals surface area contributed by atoms with Gasteiger partial charge < -0.3 is 14.8 Å². The number of nitrogens with zero attached hydrogens (tertiary/aromatic N) is 2. The van der Waals surface area contributed by atoms with E-state index in [2.05, 4.69) is 15.2 Å². The van der Waals surface area contributed by atoms with Gasteiger partial charge in [-0.2, -0.15) is 13.9 Å². The largest absolute Gasteiger partial charge is 0.493 e. The second kappa shape index (κ2) is 9.87. The van der Waals surface area contributed by atoms with Gasteiger partial charge in [0.2, 0.25) is 5.91 Å². The van der Waals surface area contributed by atoms with Crippen molar-refractivity contribution in [1.82, 2.24) is 15.1 Å². The van der Waals surface area contributed by atoms with Crippen molar-refractivity contribution in [1.29, 1.82) is 0 Å². The average Bonchev–Trinajstić information content (AvgIpc) is 2.95. The molecule has 8 heteroatoms. The molecule has 1 heterocycles. The second-order valence-corrected chi connectivity index (χ2v) is 6.58. The third-order valence-electron chi connectivity index (χ3n) is 4.04. The summed E-state index contributed by atoms with van der Waals surface area (Å²) in [6, 6.07) is 6.47. The number of aryl methyl sites for hydroxylation is 2. The maximum atomic E-state index is 12.4. The van der Waals surface area contributed by atoms with E-state index >= 15 is 0 Å². The number of rotatable bonds is 9. The van der Waals surface area contributed by atoms with E-state index in [1.807, 2.05) is 31.5 Å². The maximum absolute atomic E-state index is 12.4. The number of benzene rings is 1. The number of carbonyl (C=O) groups is 1. The van der Waals surface area contributed by atoms with E-state index in [9.17, 15) is 13.6 Å². The van der Waals surface area contributed by atoms with Crippen LogP contribution in [0.4, 0.5) is 8.78 Å². The number of ether oxygens (including phenoxy) is 2. The van der Waals surface area contributed by atoms with Crippen LogP contribution < -0.4 is 14.8 Å². The number of methoxy groups -OCH3 is 1. The molecule has 1 aromatic heterocycles. The van der Waals surface area contributed by atoms with Crippen LogP contribution in [0, 0.1) is 19.8 Å². The molecule has 0 spiro atoms. The summed E-state index contributed by atoms with van der Waals surface area (Å²) in [6.45, 7) is 4.27. The highest BCUT2D eigenvalue weighted by molar-refractivity contribution is 5.91. The topological polar surface area (TPSA) is 65.4 Å². The van der Waals surface area contributed by atoms with Crippen LogP contribution in [0.1, 0.15) is 23.9 Å². The van der Waals surface area contributed by atoms with E-state index < -0.39 is 6.61 Å². The van der Waals surface area contributed by atoms with Gasteiger partial charge in [0.05, 0.1) is 12.8 Å². The summed E-state index contributed by atoms with van der Waals surface area (Å²) in [7, 11) is 1.36. The molecular formula is C20H25F2N3O3. The minimum atomic E-state index is -2.93. The van der Waals surface area contributed by atoms with Crippen molar-refractivity contribution >= 4 is 12.0 Å². The smallest absolute Gasteiger partial charge is 0.387 e. The summed E-state index contributed by atoms with van der Waals surface area (Å²) in [6.07, 6.45) is 2.97. The molecule has 6 nitrogen and oxygen atoms in total. The van der Waals surface area contributed by atoms with Gasteiger partial charge in [0.15, 0.2) is 11.5 Å². The number of halogens is 2. The van der Waals surface area contributed by atoms with Gasteiger partial charge in [-0.15, -0.1) is 0 Å². The standard InChI is InChI=1S/C20H25F2N3O3/c1-13(12-25-15(3)9-14(2)24-25)11-23-19(26)8-6-16-5-7-17(28-20(21)22)18(10-16)27-4/h5-10,13,20H,11-12H2,1-4H3,(H,23,26). The number of amides is 1. The fraction of sp³-hybridized carbons (Fsp3) is 0.400. The molecule has 2 rings (SSSR count). The number of aromatic nitrogens is 2. The van der Waals surface area contributed by atoms with Crippen LogP contribution >= 0.6 is 0 Å². The van der Waals surface area contributed by atoms with Gasteiger partial charge in [-0.05, 0) is 49.6 Å². The number of nitrogens with one attached hydrogen (secondary N) is 1. The Bertz CT molecular complexity index is 834. The molecule has 0 aliphatic heterocycles. The molecule has 1 aromatic carbocycles. The first-order valence-corrected chi connectivity index (χ1v) is 8.88. The molecule has 2 aromatic rings. The summed E-state index contributed by atoms with van der Waals surface area (Å²) in [5, 5.41) is 7.26. The molecule has 0 bridgehead atoms. The number of alkyl halides is 2. The van der Waals surface area contributed by atoms with E-state index in [-0.39, 0.29) is 23.3 Å². The Labute approximate surface area is 163 Å². The minimum Gasteiger partial charge on any atom is -0.493 e.